The summed E-state index contributed by atoms with van der Waals surface area (Å²) in [5, 5.41) is 0. The van der Waals surface area contributed by atoms with Gasteiger partial charge in [0.15, 0.2) is 0 Å². The van der Waals surface area contributed by atoms with Gasteiger partial charge < -0.3 is 9.80 Å². The van der Waals surface area contributed by atoms with Crippen LogP contribution in [0.3, 0.4) is 0 Å². The summed E-state index contributed by atoms with van der Waals surface area (Å²) in [6.45, 7) is 3.25. The number of likely N-dealkylation sites (N-methyl/N-ethyl adjacent to an activating group) is 1. The second kappa shape index (κ2) is 5.19. The monoisotopic (exact) mass is 282 g/mol. The lowest BCUT2D eigenvalue weighted by Crippen LogP contribution is -2.61. The zero-order valence-corrected chi connectivity index (χ0v) is 11.6. The molecule has 4 nitrogen and oxygen atoms in total. The van der Waals surface area contributed by atoms with Gasteiger partial charge in [-0.05, 0) is 31.5 Å². The van der Waals surface area contributed by atoms with Crippen LogP contribution in [0.1, 0.15) is 19.4 Å². The molecule has 1 heterocycles. The molecule has 0 aliphatic carbocycles. The van der Waals surface area contributed by atoms with Crippen molar-refractivity contribution in [1.82, 2.24) is 9.80 Å². The van der Waals surface area contributed by atoms with Gasteiger partial charge in [0.2, 0.25) is 11.8 Å². The molecule has 0 radical (unpaired) electrons. The summed E-state index contributed by atoms with van der Waals surface area (Å²) < 4.78 is 26.3. The molecule has 0 N–H and O–H groups in total. The molecular formula is C14H16F2N2O2. The fourth-order valence-electron chi connectivity index (χ4n) is 2.33. The van der Waals surface area contributed by atoms with Gasteiger partial charge in [-0.3, -0.25) is 9.59 Å². The first kappa shape index (κ1) is 14.4. The molecule has 6 heteroatoms. The van der Waals surface area contributed by atoms with E-state index < -0.39 is 23.7 Å². The lowest BCUT2D eigenvalue weighted by Gasteiger charge is -2.41. The van der Waals surface area contributed by atoms with Gasteiger partial charge in [-0.1, -0.05) is 0 Å². The molecule has 0 aromatic heterocycles. The fraction of sp³-hybridized carbons (Fsp3) is 0.429. The van der Waals surface area contributed by atoms with E-state index >= 15 is 0 Å². The highest BCUT2D eigenvalue weighted by atomic mass is 19.1. The molecule has 2 amide bonds. The van der Waals surface area contributed by atoms with Crippen molar-refractivity contribution in [2.45, 2.75) is 32.5 Å². The second-order valence-corrected chi connectivity index (χ2v) is 5.04. The van der Waals surface area contributed by atoms with Crippen LogP contribution in [-0.2, 0) is 16.1 Å². The molecule has 1 aliphatic heterocycles. The third kappa shape index (κ3) is 2.50. The number of nitrogens with zero attached hydrogens (tertiary/aromatic N) is 2. The molecule has 1 aliphatic rings. The Bertz CT molecular complexity index is 542. The first-order valence-electron chi connectivity index (χ1n) is 6.33. The summed E-state index contributed by atoms with van der Waals surface area (Å²) in [6.07, 6.45) is 0. The Kier molecular flexibility index (Phi) is 3.74. The van der Waals surface area contributed by atoms with E-state index in [1.54, 1.807) is 20.9 Å². The number of piperazine rings is 1. The first-order valence-corrected chi connectivity index (χ1v) is 6.33. The van der Waals surface area contributed by atoms with Crippen molar-refractivity contribution in [3.8, 4) is 0 Å². The summed E-state index contributed by atoms with van der Waals surface area (Å²) >= 11 is 0. The molecule has 0 saturated carbocycles. The number of amides is 2. The maximum Gasteiger partial charge on any atom is 0.246 e. The van der Waals surface area contributed by atoms with Gasteiger partial charge >= 0.3 is 0 Å². The smallest absolute Gasteiger partial charge is 0.246 e. The molecule has 0 bridgehead atoms. The number of halogens is 2. The van der Waals surface area contributed by atoms with Crippen molar-refractivity contribution in [2.75, 3.05) is 7.05 Å². The predicted octanol–water partition coefficient (Wildman–Crippen LogP) is 1.54. The van der Waals surface area contributed by atoms with Crippen LogP contribution in [0.15, 0.2) is 18.2 Å². The Morgan fingerprint density at radius 2 is 1.55 bits per heavy atom. The average Bonchev–Trinajstić information content (AvgIpc) is 2.38. The SMILES string of the molecule is C[C@H]1C(=O)N(Cc2cc(F)cc(F)c2)[C@@H](C)C(=O)N1C. The minimum Gasteiger partial charge on any atom is -0.332 e. The Labute approximate surface area is 116 Å². The van der Waals surface area contributed by atoms with Crippen molar-refractivity contribution in [2.24, 2.45) is 0 Å². The van der Waals surface area contributed by atoms with E-state index in [2.05, 4.69) is 0 Å². The Morgan fingerprint density at radius 3 is 2.10 bits per heavy atom. The van der Waals surface area contributed by atoms with Crippen LogP contribution in [0.2, 0.25) is 0 Å². The summed E-state index contributed by atoms with van der Waals surface area (Å²) in [4.78, 5) is 26.9. The van der Waals surface area contributed by atoms with E-state index in [0.29, 0.717) is 5.56 Å². The van der Waals surface area contributed by atoms with Crippen LogP contribution in [0.25, 0.3) is 0 Å². The highest BCUT2D eigenvalue weighted by Crippen LogP contribution is 2.20. The van der Waals surface area contributed by atoms with E-state index in [9.17, 15) is 18.4 Å². The molecular weight excluding hydrogens is 266 g/mol. The van der Waals surface area contributed by atoms with Crippen LogP contribution in [-0.4, -0.2) is 40.7 Å². The second-order valence-electron chi connectivity index (χ2n) is 5.04. The summed E-state index contributed by atoms with van der Waals surface area (Å²) in [5.41, 5.74) is 0.326. The van der Waals surface area contributed by atoms with E-state index in [1.165, 1.54) is 9.80 Å². The standard InChI is InChI=1S/C14H16F2N2O2/c1-8-14(20)18(9(2)13(19)17(8)3)7-10-4-11(15)6-12(16)5-10/h4-6,8-9H,7H2,1-3H3/t8-,9-/m0/s1. The number of hydrogen-bond acceptors (Lipinski definition) is 2. The zero-order valence-electron chi connectivity index (χ0n) is 11.6. The lowest BCUT2D eigenvalue weighted by molar-refractivity contribution is -0.159. The highest BCUT2D eigenvalue weighted by Gasteiger charge is 2.39. The van der Waals surface area contributed by atoms with E-state index in [0.717, 1.165) is 18.2 Å². The molecule has 1 fully saturated rings. The van der Waals surface area contributed by atoms with Gasteiger partial charge in [0.25, 0.3) is 0 Å². The maximum absolute atomic E-state index is 13.2. The van der Waals surface area contributed by atoms with Crippen molar-refractivity contribution in [1.29, 1.82) is 0 Å². The quantitative estimate of drug-likeness (QED) is 0.825. The zero-order chi connectivity index (χ0) is 15.0. The van der Waals surface area contributed by atoms with Gasteiger partial charge in [-0.25, -0.2) is 8.78 Å². The third-order valence-electron chi connectivity index (χ3n) is 3.67. The van der Waals surface area contributed by atoms with Crippen LogP contribution in [0.4, 0.5) is 8.78 Å². The lowest BCUT2D eigenvalue weighted by atomic mass is 10.1. The average molecular weight is 282 g/mol. The molecule has 0 unspecified atom stereocenters. The summed E-state index contributed by atoms with van der Waals surface area (Å²) in [7, 11) is 1.57. The van der Waals surface area contributed by atoms with Crippen molar-refractivity contribution < 1.29 is 18.4 Å². The van der Waals surface area contributed by atoms with Crippen LogP contribution < -0.4 is 0 Å². The Morgan fingerprint density at radius 1 is 1.00 bits per heavy atom. The van der Waals surface area contributed by atoms with Crippen LogP contribution in [0.5, 0.6) is 0 Å². The van der Waals surface area contributed by atoms with E-state index in [1.807, 2.05) is 0 Å². The first-order chi connectivity index (χ1) is 9.31. The third-order valence-corrected chi connectivity index (χ3v) is 3.67. The van der Waals surface area contributed by atoms with E-state index in [4.69, 9.17) is 0 Å². The number of rotatable bonds is 2. The van der Waals surface area contributed by atoms with Crippen LogP contribution >= 0.6 is 0 Å². The Balaban J connectivity index is 2.27. The number of carbonyl (C=O) groups excluding carboxylic acids is 2. The molecule has 108 valence electrons. The minimum absolute atomic E-state index is 0.0125. The summed E-state index contributed by atoms with van der Waals surface area (Å²) in [6, 6.07) is 1.88. The molecule has 0 spiro atoms. The molecule has 20 heavy (non-hydrogen) atoms. The normalized spacial score (nSPS) is 23.4. The highest BCUT2D eigenvalue weighted by molar-refractivity contribution is 5.96. The van der Waals surface area contributed by atoms with Gasteiger partial charge in [0, 0.05) is 19.7 Å². The van der Waals surface area contributed by atoms with Crippen molar-refractivity contribution in [3.05, 3.63) is 35.4 Å². The minimum atomic E-state index is -0.700. The molecule has 2 rings (SSSR count). The fourth-order valence-corrected chi connectivity index (χ4v) is 2.33. The largest absolute Gasteiger partial charge is 0.332 e. The number of benzene rings is 1. The van der Waals surface area contributed by atoms with Crippen molar-refractivity contribution >= 4 is 11.8 Å². The van der Waals surface area contributed by atoms with Gasteiger partial charge in [-0.15, -0.1) is 0 Å². The molecule has 2 atom stereocenters. The van der Waals surface area contributed by atoms with E-state index in [-0.39, 0.29) is 18.4 Å². The molecule has 1 saturated heterocycles. The number of carbonyl (C=O) groups is 2. The van der Waals surface area contributed by atoms with Gasteiger partial charge in [0.1, 0.15) is 23.7 Å². The predicted molar refractivity (Wildman–Crippen MR) is 68.6 cm³/mol. The van der Waals surface area contributed by atoms with Crippen LogP contribution in [0, 0.1) is 11.6 Å². The Hall–Kier alpha value is -1.98. The molecule has 1 aromatic carbocycles. The molecule has 1 aromatic rings. The topological polar surface area (TPSA) is 40.6 Å². The maximum atomic E-state index is 13.2. The number of hydrogen-bond donors (Lipinski definition) is 0. The summed E-state index contributed by atoms with van der Waals surface area (Å²) in [5.74, 6) is -1.82. The van der Waals surface area contributed by atoms with Gasteiger partial charge in [0.05, 0.1) is 0 Å². The van der Waals surface area contributed by atoms with Gasteiger partial charge in [-0.2, -0.15) is 0 Å². The van der Waals surface area contributed by atoms with Crippen molar-refractivity contribution in [3.63, 3.8) is 0 Å².